The van der Waals surface area contributed by atoms with Crippen molar-refractivity contribution in [2.45, 2.75) is 25.7 Å². The lowest BCUT2D eigenvalue weighted by molar-refractivity contribution is 0.681. The van der Waals surface area contributed by atoms with E-state index in [4.69, 9.17) is 11.6 Å². The summed E-state index contributed by atoms with van der Waals surface area (Å²) in [5, 5.41) is 0.396. The molecule has 12 heavy (non-hydrogen) atoms. The predicted octanol–water partition coefficient (Wildman–Crippen LogP) is 1.91. The van der Waals surface area contributed by atoms with Crippen LogP contribution in [0.15, 0.2) is 11.0 Å². The molecule has 0 radical (unpaired) electrons. The largest absolute Gasteiger partial charge is 0.328 e. The number of hydrogen-bond donors (Lipinski definition) is 1. The van der Waals surface area contributed by atoms with E-state index in [0.29, 0.717) is 5.02 Å². The average Bonchev–Trinajstić information content (AvgIpc) is 2.12. The molecule has 1 aliphatic carbocycles. The van der Waals surface area contributed by atoms with Crippen LogP contribution in [0.1, 0.15) is 24.0 Å². The zero-order valence-corrected chi connectivity index (χ0v) is 7.45. The van der Waals surface area contributed by atoms with Gasteiger partial charge < -0.3 is 4.98 Å². The molecule has 0 spiro atoms. The van der Waals surface area contributed by atoms with E-state index < -0.39 is 0 Å². The fourth-order valence-electron chi connectivity index (χ4n) is 1.69. The number of aromatic amines is 1. The minimum Gasteiger partial charge on any atom is -0.328 e. The van der Waals surface area contributed by atoms with Crippen molar-refractivity contribution in [2.24, 2.45) is 0 Å². The quantitative estimate of drug-likeness (QED) is 0.655. The Balaban J connectivity index is 2.61. The van der Waals surface area contributed by atoms with Gasteiger partial charge in [0.15, 0.2) is 0 Å². The molecule has 0 aliphatic heterocycles. The van der Waals surface area contributed by atoms with Crippen molar-refractivity contribution in [3.63, 3.8) is 0 Å². The van der Waals surface area contributed by atoms with Crippen LogP contribution in [0.5, 0.6) is 0 Å². The second-order valence-electron chi connectivity index (χ2n) is 3.14. The van der Waals surface area contributed by atoms with Gasteiger partial charge in [-0.15, -0.1) is 0 Å². The molecular weight excluding hydrogens is 174 g/mol. The first-order chi connectivity index (χ1) is 5.79. The van der Waals surface area contributed by atoms with Gasteiger partial charge in [0, 0.05) is 6.20 Å². The molecule has 1 heterocycles. The Morgan fingerprint density at radius 1 is 1.33 bits per heavy atom. The van der Waals surface area contributed by atoms with E-state index in [0.717, 1.165) is 24.8 Å². The molecular formula is C9H10ClNO. The molecule has 64 valence electrons. The van der Waals surface area contributed by atoms with E-state index >= 15 is 0 Å². The molecule has 1 N–H and O–H groups in total. The summed E-state index contributed by atoms with van der Waals surface area (Å²) in [6.07, 6.45) is 6.15. The zero-order valence-electron chi connectivity index (χ0n) is 6.69. The molecule has 1 aromatic heterocycles. The van der Waals surface area contributed by atoms with Crippen molar-refractivity contribution in [1.29, 1.82) is 0 Å². The van der Waals surface area contributed by atoms with E-state index in [9.17, 15) is 4.79 Å². The molecule has 3 heteroatoms. The minimum absolute atomic E-state index is 0.155. The number of fused-ring (bicyclic) bond motifs is 1. The fraction of sp³-hybridized carbons (Fsp3) is 0.444. The predicted molar refractivity (Wildman–Crippen MR) is 48.7 cm³/mol. The number of halogens is 1. The van der Waals surface area contributed by atoms with Crippen molar-refractivity contribution in [2.75, 3.05) is 0 Å². The van der Waals surface area contributed by atoms with Gasteiger partial charge in [-0.25, -0.2) is 0 Å². The number of hydrogen-bond acceptors (Lipinski definition) is 1. The van der Waals surface area contributed by atoms with E-state index in [2.05, 4.69) is 4.98 Å². The molecule has 0 unspecified atom stereocenters. The monoisotopic (exact) mass is 183 g/mol. The Bertz CT molecular complexity index is 356. The van der Waals surface area contributed by atoms with Gasteiger partial charge in [0.25, 0.3) is 5.56 Å². The standard InChI is InChI=1S/C9H10ClNO/c10-8-7-4-2-1-3-6(7)5-11-9(8)12/h5H,1-4H2,(H,11,12). The van der Waals surface area contributed by atoms with E-state index in [1.807, 2.05) is 0 Å². The van der Waals surface area contributed by atoms with Crippen LogP contribution < -0.4 is 5.56 Å². The molecule has 1 aromatic rings. The number of aromatic nitrogens is 1. The highest BCUT2D eigenvalue weighted by molar-refractivity contribution is 6.31. The second kappa shape index (κ2) is 2.94. The highest BCUT2D eigenvalue weighted by atomic mass is 35.5. The lowest BCUT2D eigenvalue weighted by Crippen LogP contribution is -2.14. The third-order valence-electron chi connectivity index (χ3n) is 2.35. The lowest BCUT2D eigenvalue weighted by atomic mass is 9.93. The summed E-state index contributed by atoms with van der Waals surface area (Å²) in [7, 11) is 0. The summed E-state index contributed by atoms with van der Waals surface area (Å²) in [6, 6.07) is 0. The van der Waals surface area contributed by atoms with Crippen LogP contribution >= 0.6 is 11.6 Å². The molecule has 0 aromatic carbocycles. The van der Waals surface area contributed by atoms with Gasteiger partial charge in [-0.3, -0.25) is 4.79 Å². The number of aryl methyl sites for hydroxylation is 1. The summed E-state index contributed by atoms with van der Waals surface area (Å²) in [5.74, 6) is 0. The Labute approximate surface area is 75.6 Å². The molecule has 0 amide bonds. The third-order valence-corrected chi connectivity index (χ3v) is 2.75. The summed E-state index contributed by atoms with van der Waals surface area (Å²) in [4.78, 5) is 13.7. The summed E-state index contributed by atoms with van der Waals surface area (Å²) >= 11 is 5.87. The number of H-pyrrole nitrogens is 1. The number of pyridine rings is 1. The van der Waals surface area contributed by atoms with Crippen LogP contribution in [-0.4, -0.2) is 4.98 Å². The fourth-order valence-corrected chi connectivity index (χ4v) is 1.96. The maximum Gasteiger partial charge on any atom is 0.266 e. The van der Waals surface area contributed by atoms with Crippen LogP contribution in [0.2, 0.25) is 5.02 Å². The summed E-state index contributed by atoms with van der Waals surface area (Å²) in [5.41, 5.74) is 2.12. The van der Waals surface area contributed by atoms with Gasteiger partial charge in [-0.2, -0.15) is 0 Å². The van der Waals surface area contributed by atoms with Gasteiger partial charge in [0.1, 0.15) is 5.02 Å². The zero-order chi connectivity index (χ0) is 8.55. The van der Waals surface area contributed by atoms with Crippen LogP contribution in [0.4, 0.5) is 0 Å². The van der Waals surface area contributed by atoms with Crippen LogP contribution in [-0.2, 0) is 12.8 Å². The molecule has 0 bridgehead atoms. The van der Waals surface area contributed by atoms with Gasteiger partial charge in [0.05, 0.1) is 0 Å². The van der Waals surface area contributed by atoms with E-state index in [-0.39, 0.29) is 5.56 Å². The smallest absolute Gasteiger partial charge is 0.266 e. The van der Waals surface area contributed by atoms with E-state index in [1.165, 1.54) is 12.0 Å². The van der Waals surface area contributed by atoms with Crippen molar-refractivity contribution >= 4 is 11.6 Å². The molecule has 2 nitrogen and oxygen atoms in total. The SMILES string of the molecule is O=c1[nH]cc2c(c1Cl)CCCC2. The molecule has 2 rings (SSSR count). The van der Waals surface area contributed by atoms with Gasteiger partial charge in [0.2, 0.25) is 0 Å². The Morgan fingerprint density at radius 3 is 2.92 bits per heavy atom. The maximum atomic E-state index is 11.1. The first-order valence-electron chi connectivity index (χ1n) is 4.18. The van der Waals surface area contributed by atoms with Crippen LogP contribution in [0.25, 0.3) is 0 Å². The summed E-state index contributed by atoms with van der Waals surface area (Å²) < 4.78 is 0. The lowest BCUT2D eigenvalue weighted by Gasteiger charge is -2.15. The normalized spacial score (nSPS) is 15.8. The Kier molecular flexibility index (Phi) is 1.93. The van der Waals surface area contributed by atoms with Gasteiger partial charge in [-0.05, 0) is 36.8 Å². The minimum atomic E-state index is -0.155. The van der Waals surface area contributed by atoms with Crippen molar-refractivity contribution < 1.29 is 0 Å². The van der Waals surface area contributed by atoms with Crippen LogP contribution in [0.3, 0.4) is 0 Å². The van der Waals surface area contributed by atoms with Gasteiger partial charge >= 0.3 is 0 Å². The van der Waals surface area contributed by atoms with Crippen LogP contribution in [0, 0.1) is 0 Å². The summed E-state index contributed by atoms with van der Waals surface area (Å²) in [6.45, 7) is 0. The third kappa shape index (κ3) is 1.16. The average molecular weight is 184 g/mol. The second-order valence-corrected chi connectivity index (χ2v) is 3.52. The molecule has 1 aliphatic rings. The topological polar surface area (TPSA) is 32.9 Å². The van der Waals surface area contributed by atoms with Crippen molar-refractivity contribution in [1.82, 2.24) is 4.98 Å². The first kappa shape index (κ1) is 7.87. The Morgan fingerprint density at radius 2 is 2.08 bits per heavy atom. The van der Waals surface area contributed by atoms with Crippen molar-refractivity contribution in [3.8, 4) is 0 Å². The highest BCUT2D eigenvalue weighted by Gasteiger charge is 2.13. The number of nitrogens with one attached hydrogen (secondary N) is 1. The molecule has 0 saturated heterocycles. The molecule has 0 saturated carbocycles. The molecule has 0 fully saturated rings. The van der Waals surface area contributed by atoms with Gasteiger partial charge in [-0.1, -0.05) is 11.6 Å². The first-order valence-corrected chi connectivity index (χ1v) is 4.56. The van der Waals surface area contributed by atoms with Crippen molar-refractivity contribution in [3.05, 3.63) is 32.7 Å². The number of rotatable bonds is 0. The highest BCUT2D eigenvalue weighted by Crippen LogP contribution is 2.23. The maximum absolute atomic E-state index is 11.1. The Hall–Kier alpha value is -0.760. The molecule has 0 atom stereocenters. The van der Waals surface area contributed by atoms with E-state index in [1.54, 1.807) is 6.20 Å².